The van der Waals surface area contributed by atoms with Crippen LogP contribution in [0.15, 0.2) is 48.6 Å². The number of hydrogen-bond donors (Lipinski definition) is 3. The van der Waals surface area contributed by atoms with Gasteiger partial charge in [0.05, 0.1) is 25.4 Å². The Balaban J connectivity index is 3.35. The first-order chi connectivity index (χ1) is 40.0. The van der Waals surface area contributed by atoms with Crippen molar-refractivity contribution in [3.63, 3.8) is 0 Å². The molecule has 0 saturated carbocycles. The van der Waals surface area contributed by atoms with Crippen LogP contribution in [0.25, 0.3) is 0 Å². The third-order valence-corrected chi connectivity index (χ3v) is 16.9. The number of unbranched alkanes of at least 4 members (excludes halogenated alkanes) is 49. The monoisotopic (exact) mass is 1140 g/mol. The highest BCUT2D eigenvalue weighted by Crippen LogP contribution is 2.19. The lowest BCUT2D eigenvalue weighted by molar-refractivity contribution is -0.143. The summed E-state index contributed by atoms with van der Waals surface area (Å²) in [5.74, 6) is -0.0266. The van der Waals surface area contributed by atoms with Gasteiger partial charge in [-0.25, -0.2) is 0 Å². The maximum atomic E-state index is 12.5. The van der Waals surface area contributed by atoms with Crippen LogP contribution < -0.4 is 5.32 Å². The van der Waals surface area contributed by atoms with Crippen LogP contribution in [0.5, 0.6) is 0 Å². The van der Waals surface area contributed by atoms with Gasteiger partial charge in [-0.1, -0.05) is 345 Å². The summed E-state index contributed by atoms with van der Waals surface area (Å²) in [6.45, 7) is 4.93. The molecule has 2 unspecified atom stereocenters. The van der Waals surface area contributed by atoms with Gasteiger partial charge in [-0.15, -0.1) is 0 Å². The molecule has 81 heavy (non-hydrogen) atoms. The molecule has 6 heteroatoms. The topological polar surface area (TPSA) is 95.9 Å². The van der Waals surface area contributed by atoms with E-state index in [0.717, 1.165) is 57.8 Å². The number of rotatable bonds is 68. The summed E-state index contributed by atoms with van der Waals surface area (Å²) in [7, 11) is 0. The van der Waals surface area contributed by atoms with E-state index in [4.69, 9.17) is 4.74 Å². The molecule has 0 aliphatic rings. The lowest BCUT2D eigenvalue weighted by Gasteiger charge is -2.22. The van der Waals surface area contributed by atoms with E-state index in [-0.39, 0.29) is 18.5 Å². The molecular weight excluding hydrogens is 995 g/mol. The summed E-state index contributed by atoms with van der Waals surface area (Å²) in [5.41, 5.74) is 0. The van der Waals surface area contributed by atoms with Crippen molar-refractivity contribution in [1.82, 2.24) is 5.32 Å². The molecule has 0 radical (unpaired) electrons. The quantitative estimate of drug-likeness (QED) is 0.0320. The van der Waals surface area contributed by atoms with Crippen LogP contribution in [-0.2, 0) is 14.3 Å². The van der Waals surface area contributed by atoms with Crippen molar-refractivity contribution in [3.8, 4) is 0 Å². The Labute approximate surface area is 506 Å². The summed E-state index contributed by atoms with van der Waals surface area (Å²) in [6, 6.07) is -0.539. The molecule has 0 aromatic carbocycles. The second kappa shape index (κ2) is 70.3. The van der Waals surface area contributed by atoms with Crippen molar-refractivity contribution in [2.24, 2.45) is 0 Å². The van der Waals surface area contributed by atoms with Gasteiger partial charge in [0.15, 0.2) is 0 Å². The lowest BCUT2D eigenvalue weighted by atomic mass is 10.0. The maximum Gasteiger partial charge on any atom is 0.305 e. The molecule has 0 saturated heterocycles. The first-order valence-electron chi connectivity index (χ1n) is 36.4. The van der Waals surface area contributed by atoms with Crippen LogP contribution in [0.4, 0.5) is 0 Å². The molecule has 0 heterocycles. The molecule has 1 amide bonds. The van der Waals surface area contributed by atoms with Crippen molar-refractivity contribution in [2.45, 2.75) is 405 Å². The molecule has 6 nitrogen and oxygen atoms in total. The standard InChI is InChI=1S/C75H141NO5/c1-3-5-7-9-11-13-15-17-45-49-53-57-61-65-69-75(80)81-70-66-62-58-54-50-46-42-40-38-36-34-32-30-28-26-24-22-20-18-19-21-23-25-27-29-31-33-35-37-39-41-44-48-52-56-60-64-68-74(79)76-72(71-77)73(78)67-63-59-55-51-47-43-16-14-12-10-8-6-4-2/h9,11,15,17-18,20,24,26,72-73,77-78H,3-8,10,12-14,16,19,21-23,25,27-71H2,1-2H3,(H,76,79)/b11-9-,17-15-,20-18-,26-24-. The second-order valence-corrected chi connectivity index (χ2v) is 24.9. The molecule has 0 aliphatic carbocycles. The Morgan fingerprint density at radius 1 is 0.346 bits per heavy atom. The van der Waals surface area contributed by atoms with Gasteiger partial charge in [-0.3, -0.25) is 9.59 Å². The molecule has 3 N–H and O–H groups in total. The molecule has 0 aromatic rings. The number of carbonyl (C=O) groups is 2. The zero-order valence-electron chi connectivity index (χ0n) is 54.5. The highest BCUT2D eigenvalue weighted by atomic mass is 16.5. The first kappa shape index (κ1) is 78.8. The normalized spacial score (nSPS) is 12.8. The van der Waals surface area contributed by atoms with Crippen molar-refractivity contribution >= 4 is 11.9 Å². The molecule has 2 atom stereocenters. The van der Waals surface area contributed by atoms with E-state index >= 15 is 0 Å². The number of aliphatic hydroxyl groups excluding tert-OH is 2. The van der Waals surface area contributed by atoms with Gasteiger partial charge < -0.3 is 20.3 Å². The van der Waals surface area contributed by atoms with E-state index in [1.54, 1.807) is 0 Å². The Kier molecular flexibility index (Phi) is 68.4. The summed E-state index contributed by atoms with van der Waals surface area (Å²) in [4.78, 5) is 24.5. The summed E-state index contributed by atoms with van der Waals surface area (Å²) >= 11 is 0. The lowest BCUT2D eigenvalue weighted by Crippen LogP contribution is -2.45. The Morgan fingerprint density at radius 3 is 0.975 bits per heavy atom. The zero-order valence-corrected chi connectivity index (χ0v) is 54.5. The zero-order chi connectivity index (χ0) is 58.5. The fourth-order valence-corrected chi connectivity index (χ4v) is 11.3. The number of esters is 1. The fourth-order valence-electron chi connectivity index (χ4n) is 11.3. The van der Waals surface area contributed by atoms with E-state index in [1.807, 2.05) is 0 Å². The van der Waals surface area contributed by atoms with Crippen molar-refractivity contribution in [3.05, 3.63) is 48.6 Å². The van der Waals surface area contributed by atoms with Gasteiger partial charge in [0.2, 0.25) is 5.91 Å². The summed E-state index contributed by atoms with van der Waals surface area (Å²) in [6.07, 6.45) is 91.8. The van der Waals surface area contributed by atoms with E-state index in [1.165, 1.54) is 302 Å². The van der Waals surface area contributed by atoms with Crippen LogP contribution >= 0.6 is 0 Å². The van der Waals surface area contributed by atoms with Crippen LogP contribution in [0, 0.1) is 0 Å². The van der Waals surface area contributed by atoms with Crippen molar-refractivity contribution in [1.29, 1.82) is 0 Å². The van der Waals surface area contributed by atoms with Gasteiger partial charge in [0.25, 0.3) is 0 Å². The Morgan fingerprint density at radius 2 is 0.630 bits per heavy atom. The van der Waals surface area contributed by atoms with Crippen LogP contribution in [0.2, 0.25) is 0 Å². The highest BCUT2D eigenvalue weighted by molar-refractivity contribution is 5.76. The van der Waals surface area contributed by atoms with Crippen LogP contribution in [0.1, 0.15) is 393 Å². The third kappa shape index (κ3) is 66.8. The van der Waals surface area contributed by atoms with Gasteiger partial charge in [-0.2, -0.15) is 0 Å². The second-order valence-electron chi connectivity index (χ2n) is 24.9. The molecule has 0 aliphatic heterocycles. The number of amides is 1. The van der Waals surface area contributed by atoms with Gasteiger partial charge >= 0.3 is 5.97 Å². The molecule has 0 rings (SSSR count). The van der Waals surface area contributed by atoms with Crippen LogP contribution in [0.3, 0.4) is 0 Å². The predicted octanol–water partition coefficient (Wildman–Crippen LogP) is 23.6. The number of hydrogen-bond acceptors (Lipinski definition) is 5. The number of aliphatic hydroxyl groups is 2. The molecule has 0 fully saturated rings. The minimum Gasteiger partial charge on any atom is -0.466 e. The highest BCUT2D eigenvalue weighted by Gasteiger charge is 2.20. The van der Waals surface area contributed by atoms with Gasteiger partial charge in [0, 0.05) is 12.8 Å². The van der Waals surface area contributed by atoms with Crippen molar-refractivity contribution in [2.75, 3.05) is 13.2 Å². The van der Waals surface area contributed by atoms with E-state index in [9.17, 15) is 19.8 Å². The van der Waals surface area contributed by atoms with E-state index < -0.39 is 12.1 Å². The molecule has 476 valence electrons. The number of ether oxygens (including phenoxy) is 1. The summed E-state index contributed by atoms with van der Waals surface area (Å²) in [5, 5.41) is 23.3. The minimum atomic E-state index is -0.662. The Hall–Kier alpha value is -2.18. The number of allylic oxidation sites excluding steroid dienone is 8. The fraction of sp³-hybridized carbons (Fsp3) is 0.867. The maximum absolute atomic E-state index is 12.5. The van der Waals surface area contributed by atoms with Crippen molar-refractivity contribution < 1.29 is 24.5 Å². The predicted molar refractivity (Wildman–Crippen MR) is 356 cm³/mol. The third-order valence-electron chi connectivity index (χ3n) is 16.9. The van der Waals surface area contributed by atoms with E-state index in [0.29, 0.717) is 25.9 Å². The molecular formula is C75H141NO5. The SMILES string of the molecule is CCCC/C=C\C/C=C\CCCCCCCC(=O)OCCCCCCCCCCCCCCC/C=C\C/C=C\CCCCCCCCCCCCCCCCCCCC(=O)NC(CO)C(O)CCCCCCCCCCCCCCC. The largest absolute Gasteiger partial charge is 0.466 e. The average Bonchev–Trinajstić information content (AvgIpc) is 3.47. The average molecular weight is 1140 g/mol. The van der Waals surface area contributed by atoms with E-state index in [2.05, 4.69) is 67.8 Å². The Bertz CT molecular complexity index is 1360. The van der Waals surface area contributed by atoms with Gasteiger partial charge in [0.1, 0.15) is 0 Å². The number of nitrogens with one attached hydrogen (secondary N) is 1. The number of carbonyl (C=O) groups excluding carboxylic acids is 2. The van der Waals surface area contributed by atoms with Gasteiger partial charge in [-0.05, 0) is 83.5 Å². The molecule has 0 bridgehead atoms. The molecule has 0 aromatic heterocycles. The first-order valence-corrected chi connectivity index (χ1v) is 36.4. The smallest absolute Gasteiger partial charge is 0.305 e. The molecule has 0 spiro atoms. The summed E-state index contributed by atoms with van der Waals surface area (Å²) < 4.78 is 5.48. The minimum absolute atomic E-state index is 0.00410. The van der Waals surface area contributed by atoms with Crippen LogP contribution in [-0.4, -0.2) is 47.4 Å².